The van der Waals surface area contributed by atoms with Gasteiger partial charge in [-0.3, -0.25) is 9.36 Å². The summed E-state index contributed by atoms with van der Waals surface area (Å²) >= 11 is 6.13. The molecule has 2 aromatic heterocycles. The Balaban J connectivity index is 2.47. The van der Waals surface area contributed by atoms with Crippen LogP contribution >= 0.6 is 11.6 Å². The molecular weight excluding hydrogens is 240 g/mol. The highest BCUT2D eigenvalue weighted by molar-refractivity contribution is 6.30. The highest BCUT2D eigenvalue weighted by Gasteiger charge is 2.23. The van der Waals surface area contributed by atoms with E-state index in [1.807, 2.05) is 13.8 Å². The summed E-state index contributed by atoms with van der Waals surface area (Å²) < 4.78 is 3.30. The van der Waals surface area contributed by atoms with Gasteiger partial charge in [0.1, 0.15) is 11.3 Å². The minimum Gasteiger partial charge on any atom is -0.382 e. The van der Waals surface area contributed by atoms with E-state index in [4.69, 9.17) is 11.6 Å². The zero-order valence-corrected chi connectivity index (χ0v) is 10.8. The maximum absolute atomic E-state index is 10.4. The average Bonchev–Trinajstić information content (AvgIpc) is 2.84. The van der Waals surface area contributed by atoms with Crippen molar-refractivity contribution in [3.05, 3.63) is 34.4 Å². The van der Waals surface area contributed by atoms with Crippen molar-refractivity contribution in [1.29, 1.82) is 0 Å². The number of rotatable bonds is 3. The number of aliphatic hydroxyl groups excluding tert-OH is 1. The topological polar surface area (TPSA) is 55.9 Å². The van der Waals surface area contributed by atoms with Gasteiger partial charge >= 0.3 is 0 Å². The molecule has 0 aliphatic rings. The monoisotopic (exact) mass is 254 g/mol. The number of hydrogen-bond donors (Lipinski definition) is 1. The van der Waals surface area contributed by atoms with E-state index >= 15 is 0 Å². The second-order valence-corrected chi connectivity index (χ2v) is 4.25. The van der Waals surface area contributed by atoms with E-state index in [0.717, 1.165) is 11.4 Å². The van der Waals surface area contributed by atoms with Gasteiger partial charge in [-0.05, 0) is 19.9 Å². The molecule has 0 aliphatic heterocycles. The lowest BCUT2D eigenvalue weighted by molar-refractivity contribution is 0.207. The third-order valence-electron chi connectivity index (χ3n) is 2.80. The van der Waals surface area contributed by atoms with E-state index in [1.165, 1.54) is 0 Å². The van der Waals surface area contributed by atoms with Crippen molar-refractivity contribution in [2.24, 2.45) is 7.05 Å². The van der Waals surface area contributed by atoms with Crippen LogP contribution in [0.5, 0.6) is 0 Å². The molecule has 1 atom stereocenters. The summed E-state index contributed by atoms with van der Waals surface area (Å²) in [6, 6.07) is 1.79. The highest BCUT2D eigenvalue weighted by Crippen LogP contribution is 2.30. The van der Waals surface area contributed by atoms with Crippen molar-refractivity contribution in [1.82, 2.24) is 19.6 Å². The second-order valence-electron chi connectivity index (χ2n) is 3.89. The summed E-state index contributed by atoms with van der Waals surface area (Å²) in [6.45, 7) is 4.51. The summed E-state index contributed by atoms with van der Waals surface area (Å²) in [7, 11) is 1.75. The van der Waals surface area contributed by atoms with Crippen LogP contribution in [0.2, 0.25) is 5.15 Å². The fourth-order valence-corrected chi connectivity index (χ4v) is 2.22. The van der Waals surface area contributed by atoms with Gasteiger partial charge in [-0.15, -0.1) is 0 Å². The van der Waals surface area contributed by atoms with Gasteiger partial charge in [0.15, 0.2) is 0 Å². The Kier molecular flexibility index (Phi) is 3.22. The van der Waals surface area contributed by atoms with Crippen LogP contribution in [0.15, 0.2) is 12.3 Å². The van der Waals surface area contributed by atoms with Crippen molar-refractivity contribution >= 4 is 11.6 Å². The predicted octanol–water partition coefficient (Wildman–Crippen LogP) is 1.68. The van der Waals surface area contributed by atoms with Gasteiger partial charge in [0.05, 0.1) is 11.4 Å². The van der Waals surface area contributed by atoms with Crippen molar-refractivity contribution in [3.8, 4) is 0 Å². The Morgan fingerprint density at radius 3 is 2.76 bits per heavy atom. The van der Waals surface area contributed by atoms with E-state index in [2.05, 4.69) is 10.2 Å². The molecule has 0 fully saturated rings. The highest BCUT2D eigenvalue weighted by atomic mass is 35.5. The lowest BCUT2D eigenvalue weighted by atomic mass is 10.1. The first-order valence-corrected chi connectivity index (χ1v) is 5.82. The number of aryl methyl sites for hydroxylation is 3. The molecular formula is C11H15ClN4O. The summed E-state index contributed by atoms with van der Waals surface area (Å²) in [6.07, 6.45) is 0.875. The van der Waals surface area contributed by atoms with Gasteiger partial charge in [0.25, 0.3) is 0 Å². The number of hydrogen-bond acceptors (Lipinski definition) is 3. The first-order valence-electron chi connectivity index (χ1n) is 5.45. The molecule has 0 amide bonds. The molecule has 0 bridgehead atoms. The molecule has 0 saturated heterocycles. The molecule has 17 heavy (non-hydrogen) atoms. The summed E-state index contributed by atoms with van der Waals surface area (Å²) in [5.74, 6) is 0. The van der Waals surface area contributed by atoms with Crippen LogP contribution in [0.1, 0.15) is 30.0 Å². The van der Waals surface area contributed by atoms with E-state index in [0.29, 0.717) is 17.3 Å². The molecule has 2 rings (SSSR count). The number of halogens is 1. The standard InChI is InChI=1S/C11H15ClN4O/c1-4-16-8(5-6-13-16)10(17)9-7(2)14-15(3)11(9)12/h5-6,10,17H,4H2,1-3H3. The second kappa shape index (κ2) is 4.50. The van der Waals surface area contributed by atoms with Crippen molar-refractivity contribution < 1.29 is 5.11 Å². The third kappa shape index (κ3) is 1.96. The average molecular weight is 255 g/mol. The summed E-state index contributed by atoms with van der Waals surface area (Å²) in [4.78, 5) is 0. The Morgan fingerprint density at radius 1 is 1.53 bits per heavy atom. The largest absolute Gasteiger partial charge is 0.382 e. The molecule has 2 aromatic rings. The Morgan fingerprint density at radius 2 is 2.24 bits per heavy atom. The van der Waals surface area contributed by atoms with E-state index in [9.17, 15) is 5.11 Å². The van der Waals surface area contributed by atoms with Crippen LogP contribution in [-0.4, -0.2) is 24.7 Å². The normalized spacial score (nSPS) is 13.0. The minimum absolute atomic E-state index is 0.457. The smallest absolute Gasteiger partial charge is 0.133 e. The van der Waals surface area contributed by atoms with Crippen LogP contribution in [0.3, 0.4) is 0 Å². The quantitative estimate of drug-likeness (QED) is 0.907. The van der Waals surface area contributed by atoms with Crippen molar-refractivity contribution in [3.63, 3.8) is 0 Å². The van der Waals surface area contributed by atoms with Gasteiger partial charge < -0.3 is 5.11 Å². The lowest BCUT2D eigenvalue weighted by Gasteiger charge is -2.12. The molecule has 0 aliphatic carbocycles. The SMILES string of the molecule is CCn1nccc1C(O)c1c(C)nn(C)c1Cl. The van der Waals surface area contributed by atoms with Crippen LogP contribution in [0.25, 0.3) is 0 Å². The molecule has 6 heteroatoms. The van der Waals surface area contributed by atoms with E-state index in [-0.39, 0.29) is 0 Å². The minimum atomic E-state index is -0.793. The molecule has 1 unspecified atom stereocenters. The first-order chi connectivity index (χ1) is 8.06. The van der Waals surface area contributed by atoms with Gasteiger partial charge in [-0.1, -0.05) is 11.6 Å². The van der Waals surface area contributed by atoms with Gasteiger partial charge in [0, 0.05) is 25.4 Å². The van der Waals surface area contributed by atoms with Gasteiger partial charge in [0.2, 0.25) is 0 Å². The van der Waals surface area contributed by atoms with Gasteiger partial charge in [-0.2, -0.15) is 10.2 Å². The van der Waals surface area contributed by atoms with E-state index in [1.54, 1.807) is 28.7 Å². The Labute approximate surface area is 105 Å². The molecule has 2 heterocycles. The fraction of sp³-hybridized carbons (Fsp3) is 0.455. The van der Waals surface area contributed by atoms with Crippen LogP contribution in [-0.2, 0) is 13.6 Å². The maximum Gasteiger partial charge on any atom is 0.133 e. The van der Waals surface area contributed by atoms with Crippen molar-refractivity contribution in [2.75, 3.05) is 0 Å². The molecule has 0 aromatic carbocycles. The Bertz CT molecular complexity index is 532. The molecule has 0 radical (unpaired) electrons. The van der Waals surface area contributed by atoms with Crippen molar-refractivity contribution in [2.45, 2.75) is 26.5 Å². The van der Waals surface area contributed by atoms with Crippen LogP contribution < -0.4 is 0 Å². The Hall–Kier alpha value is -1.33. The number of aliphatic hydroxyl groups is 1. The van der Waals surface area contributed by atoms with Crippen LogP contribution in [0, 0.1) is 6.92 Å². The molecule has 1 N–H and O–H groups in total. The number of nitrogens with zero attached hydrogens (tertiary/aromatic N) is 4. The molecule has 92 valence electrons. The predicted molar refractivity (Wildman–Crippen MR) is 64.9 cm³/mol. The molecule has 0 saturated carbocycles. The third-order valence-corrected chi connectivity index (χ3v) is 3.25. The zero-order valence-electron chi connectivity index (χ0n) is 10.1. The van der Waals surface area contributed by atoms with Crippen LogP contribution in [0.4, 0.5) is 0 Å². The molecule has 5 nitrogen and oxygen atoms in total. The summed E-state index contributed by atoms with van der Waals surface area (Å²) in [5.41, 5.74) is 2.10. The zero-order chi connectivity index (χ0) is 12.6. The maximum atomic E-state index is 10.4. The lowest BCUT2D eigenvalue weighted by Crippen LogP contribution is -2.09. The summed E-state index contributed by atoms with van der Waals surface area (Å²) in [5, 5.41) is 19.2. The fourth-order valence-electron chi connectivity index (χ4n) is 1.94. The first kappa shape index (κ1) is 12.1. The van der Waals surface area contributed by atoms with Gasteiger partial charge in [-0.25, -0.2) is 0 Å². The number of aromatic nitrogens is 4. The molecule has 0 spiro atoms. The van der Waals surface area contributed by atoms with E-state index < -0.39 is 6.10 Å².